The molecule has 2 aliphatic rings. The summed E-state index contributed by atoms with van der Waals surface area (Å²) in [5.41, 5.74) is 1.12. The second-order valence-electron chi connectivity index (χ2n) is 7.35. The van der Waals surface area contributed by atoms with E-state index < -0.39 is 5.97 Å². The number of rotatable bonds is 5. The zero-order chi connectivity index (χ0) is 22.3. The van der Waals surface area contributed by atoms with Gasteiger partial charge in [0.05, 0.1) is 25.9 Å². The summed E-state index contributed by atoms with van der Waals surface area (Å²) in [5.74, 6) is -0.383. The molecule has 0 aliphatic carbocycles. The fraction of sp³-hybridized carbons (Fsp3) is 0.632. The number of likely N-dealkylation sites (tertiary alicyclic amines) is 1. The Morgan fingerprint density at radius 2 is 1.97 bits per heavy atom. The van der Waals surface area contributed by atoms with Crippen LogP contribution in [0, 0.1) is 0 Å². The molecule has 2 atom stereocenters. The van der Waals surface area contributed by atoms with E-state index in [4.69, 9.17) is 14.6 Å². The van der Waals surface area contributed by atoms with Crippen molar-refractivity contribution in [2.45, 2.75) is 51.4 Å². The molecule has 11 nitrogen and oxygen atoms in total. The van der Waals surface area contributed by atoms with Gasteiger partial charge in [-0.3, -0.25) is 24.0 Å². The van der Waals surface area contributed by atoms with Crippen molar-refractivity contribution in [3.8, 4) is 0 Å². The molecule has 2 amide bonds. The summed E-state index contributed by atoms with van der Waals surface area (Å²) in [6, 6.07) is 2.15. The fourth-order valence-electron chi connectivity index (χ4n) is 3.86. The predicted octanol–water partition coefficient (Wildman–Crippen LogP) is -0.298. The lowest BCUT2D eigenvalue weighted by Crippen LogP contribution is -2.44. The smallest absolute Gasteiger partial charge is 0.358 e. The van der Waals surface area contributed by atoms with Crippen molar-refractivity contribution in [3.05, 3.63) is 17.5 Å². The van der Waals surface area contributed by atoms with Gasteiger partial charge in [-0.25, -0.2) is 4.79 Å². The number of carboxylic acid groups (broad SMARTS) is 1. The molecule has 1 aromatic rings. The molecular formula is C19H29N5O6. The Bertz CT molecular complexity index is 779. The Morgan fingerprint density at radius 3 is 2.60 bits per heavy atom. The highest BCUT2D eigenvalue weighted by atomic mass is 16.5. The number of hydrogen-bond donors (Lipinski definition) is 2. The van der Waals surface area contributed by atoms with Gasteiger partial charge in [-0.1, -0.05) is 0 Å². The van der Waals surface area contributed by atoms with Crippen LogP contribution in [0.2, 0.25) is 0 Å². The molecular weight excluding hydrogens is 394 g/mol. The van der Waals surface area contributed by atoms with Gasteiger partial charge < -0.3 is 20.1 Å². The molecule has 3 rings (SSSR count). The van der Waals surface area contributed by atoms with Gasteiger partial charge in [0, 0.05) is 38.5 Å². The summed E-state index contributed by atoms with van der Waals surface area (Å²) < 4.78 is 6.47. The highest BCUT2D eigenvalue weighted by Gasteiger charge is 2.33. The van der Waals surface area contributed by atoms with Crippen molar-refractivity contribution in [1.82, 2.24) is 24.9 Å². The molecule has 11 heteroatoms. The zero-order valence-corrected chi connectivity index (χ0v) is 17.5. The van der Waals surface area contributed by atoms with Crippen molar-refractivity contribution < 1.29 is 29.0 Å². The number of methoxy groups -OCH3 is 1. The van der Waals surface area contributed by atoms with Crippen molar-refractivity contribution in [3.63, 3.8) is 0 Å². The van der Waals surface area contributed by atoms with Gasteiger partial charge in [-0.05, 0) is 26.0 Å². The first-order valence-corrected chi connectivity index (χ1v) is 9.77. The second-order valence-corrected chi connectivity index (χ2v) is 7.35. The minimum absolute atomic E-state index is 0.0285. The average molecular weight is 423 g/mol. The molecule has 1 aromatic heterocycles. The molecule has 0 aromatic carbocycles. The van der Waals surface area contributed by atoms with E-state index in [1.54, 1.807) is 10.7 Å². The van der Waals surface area contributed by atoms with Crippen LogP contribution in [0.1, 0.15) is 42.4 Å². The van der Waals surface area contributed by atoms with E-state index in [1.165, 1.54) is 14.0 Å². The minimum Gasteiger partial charge on any atom is -0.483 e. The van der Waals surface area contributed by atoms with Crippen LogP contribution in [0.15, 0.2) is 6.07 Å². The lowest BCUT2D eigenvalue weighted by atomic mass is 10.1. The fourth-order valence-corrected chi connectivity index (χ4v) is 3.86. The number of fused-ring (bicyclic) bond motifs is 1. The van der Waals surface area contributed by atoms with E-state index in [9.17, 15) is 14.4 Å². The number of carbonyl (C=O) groups is 4. The van der Waals surface area contributed by atoms with Crippen LogP contribution in [-0.4, -0.2) is 88.3 Å². The van der Waals surface area contributed by atoms with E-state index in [2.05, 4.69) is 15.3 Å². The third-order valence-corrected chi connectivity index (χ3v) is 5.53. The van der Waals surface area contributed by atoms with Crippen LogP contribution >= 0.6 is 0 Å². The summed E-state index contributed by atoms with van der Waals surface area (Å²) >= 11 is 0. The molecule has 166 valence electrons. The number of carbonyl (C=O) groups excluding carboxylic acids is 3. The van der Waals surface area contributed by atoms with Gasteiger partial charge in [0.2, 0.25) is 11.8 Å². The van der Waals surface area contributed by atoms with E-state index in [0.717, 1.165) is 18.5 Å². The van der Waals surface area contributed by atoms with Gasteiger partial charge in [-0.2, -0.15) is 5.10 Å². The summed E-state index contributed by atoms with van der Waals surface area (Å²) in [6.45, 7) is 3.50. The number of hydrogen-bond acceptors (Lipinski definition) is 7. The molecule has 1 fully saturated rings. The highest BCUT2D eigenvalue weighted by molar-refractivity contribution is 5.87. The van der Waals surface area contributed by atoms with E-state index in [-0.39, 0.29) is 36.1 Å². The van der Waals surface area contributed by atoms with Crippen LogP contribution in [-0.2, 0) is 32.2 Å². The predicted molar refractivity (Wildman–Crippen MR) is 106 cm³/mol. The van der Waals surface area contributed by atoms with Crippen LogP contribution in [0.5, 0.6) is 0 Å². The largest absolute Gasteiger partial charge is 0.483 e. The first-order chi connectivity index (χ1) is 14.3. The Kier molecular flexibility index (Phi) is 8.34. The van der Waals surface area contributed by atoms with Crippen molar-refractivity contribution in [2.75, 3.05) is 27.2 Å². The lowest BCUT2D eigenvalue weighted by molar-refractivity contribution is -0.134. The Labute approximate surface area is 174 Å². The minimum atomic E-state index is -0.465. The number of nitrogens with one attached hydrogen (secondary N) is 1. The van der Waals surface area contributed by atoms with E-state index >= 15 is 0 Å². The van der Waals surface area contributed by atoms with Crippen LogP contribution in [0.3, 0.4) is 0 Å². The zero-order valence-electron chi connectivity index (χ0n) is 17.5. The third-order valence-electron chi connectivity index (χ3n) is 5.53. The highest BCUT2D eigenvalue weighted by Crippen LogP contribution is 2.25. The number of nitrogens with zero attached hydrogens (tertiary/aromatic N) is 4. The van der Waals surface area contributed by atoms with Gasteiger partial charge in [-0.15, -0.1) is 0 Å². The summed E-state index contributed by atoms with van der Waals surface area (Å²) in [7, 11) is 3.35. The number of ether oxygens (including phenoxy) is 1. The van der Waals surface area contributed by atoms with Crippen LogP contribution in [0.4, 0.5) is 0 Å². The first kappa shape index (κ1) is 23.3. The molecule has 30 heavy (non-hydrogen) atoms. The Balaban J connectivity index is 0.00000101. The van der Waals surface area contributed by atoms with Gasteiger partial charge >= 0.3 is 5.97 Å². The quantitative estimate of drug-likeness (QED) is 0.487. The van der Waals surface area contributed by atoms with Crippen LogP contribution in [0.25, 0.3) is 0 Å². The maximum Gasteiger partial charge on any atom is 0.358 e. The SMILES string of the molecule is COC(=O)c1cc2n(n1)CCN(C(=O)C[C@@H]1CC[C@H](CNC(C)=O)N1C)C2.O=CO. The molecule has 0 spiro atoms. The van der Waals surface area contributed by atoms with Gasteiger partial charge in [0.25, 0.3) is 6.47 Å². The van der Waals surface area contributed by atoms with Crippen molar-refractivity contribution in [1.29, 1.82) is 0 Å². The normalized spacial score (nSPS) is 20.6. The number of likely N-dealkylation sites (N-methyl/N-ethyl adjacent to an activating group) is 1. The first-order valence-electron chi connectivity index (χ1n) is 9.77. The topological polar surface area (TPSA) is 134 Å². The maximum atomic E-state index is 12.8. The van der Waals surface area contributed by atoms with Gasteiger partial charge in [0.1, 0.15) is 0 Å². The van der Waals surface area contributed by atoms with Crippen molar-refractivity contribution >= 4 is 24.3 Å². The Morgan fingerprint density at radius 1 is 1.30 bits per heavy atom. The third kappa shape index (κ3) is 5.78. The summed E-state index contributed by atoms with van der Waals surface area (Å²) in [5, 5.41) is 14.0. The van der Waals surface area contributed by atoms with E-state index in [1.807, 2.05) is 11.9 Å². The standard InChI is InChI=1S/C18H27N5O4.CH2O2/c1-12(24)19-10-14-5-4-13(21(14)2)9-17(25)22-6-7-23-15(11-22)8-16(20-23)18(26)27-3;2-1-3/h8,13-14H,4-7,9-11H2,1-3H3,(H,19,24);1H,(H,2,3)/t13-,14+;/m0./s1. The number of amides is 2. The summed E-state index contributed by atoms with van der Waals surface area (Å²) in [6.07, 6.45) is 2.39. The maximum absolute atomic E-state index is 12.8. The number of aromatic nitrogens is 2. The molecule has 2 aliphatic heterocycles. The molecule has 3 heterocycles. The molecule has 0 radical (unpaired) electrons. The van der Waals surface area contributed by atoms with Crippen molar-refractivity contribution in [2.24, 2.45) is 0 Å². The second kappa shape index (κ2) is 10.7. The molecule has 0 saturated carbocycles. The lowest BCUT2D eigenvalue weighted by Gasteiger charge is -2.31. The molecule has 0 bridgehead atoms. The number of esters is 1. The monoisotopic (exact) mass is 423 g/mol. The Hall–Kier alpha value is -2.95. The molecule has 0 unspecified atom stereocenters. The molecule has 2 N–H and O–H groups in total. The molecule has 1 saturated heterocycles. The van der Waals surface area contributed by atoms with Gasteiger partial charge in [0.15, 0.2) is 5.69 Å². The summed E-state index contributed by atoms with van der Waals surface area (Å²) in [4.78, 5) is 47.9. The van der Waals surface area contributed by atoms with Crippen LogP contribution < -0.4 is 5.32 Å². The average Bonchev–Trinajstić information content (AvgIpc) is 3.29. The van der Waals surface area contributed by atoms with E-state index in [0.29, 0.717) is 32.6 Å².